The number of nitrogens with two attached hydrogens (primary N) is 1. The summed E-state index contributed by atoms with van der Waals surface area (Å²) >= 11 is 0. The van der Waals surface area contributed by atoms with Crippen molar-refractivity contribution in [3.8, 4) is 0 Å². The number of amides is 6. The molecule has 2 heterocycles. The van der Waals surface area contributed by atoms with E-state index in [1.54, 1.807) is 17.1 Å². The number of hydrogen-bond donors (Lipinski definition) is 8. The molecule has 22 heteroatoms. The number of aromatic nitrogens is 2. The number of rotatable bonds is 26. The third-order valence-corrected chi connectivity index (χ3v) is 10.4. The van der Waals surface area contributed by atoms with Gasteiger partial charge in [0, 0.05) is 44.5 Å². The number of carbonyl (C=O) groups excluding carboxylic acids is 6. The molecule has 0 unspecified atom stereocenters. The van der Waals surface area contributed by atoms with Crippen molar-refractivity contribution in [3.63, 3.8) is 0 Å². The molecule has 21 nitrogen and oxygen atoms in total. The fourth-order valence-electron chi connectivity index (χ4n) is 6.70. The van der Waals surface area contributed by atoms with Gasteiger partial charge in [-0.2, -0.15) is 0 Å². The van der Waals surface area contributed by atoms with Gasteiger partial charge in [-0.1, -0.05) is 49.3 Å². The lowest BCUT2D eigenvalue weighted by Gasteiger charge is -2.28. The average Bonchev–Trinajstić information content (AvgIpc) is 3.87. The molecule has 1 aromatic heterocycles. The molecule has 6 atom stereocenters. The Morgan fingerprint density at radius 2 is 1.66 bits per heavy atom. The van der Waals surface area contributed by atoms with Crippen LogP contribution in [0.5, 0.6) is 0 Å². The van der Waals surface area contributed by atoms with Crippen LogP contribution in [0.2, 0.25) is 0 Å². The number of aliphatic hydroxyl groups excluding tert-OH is 1. The van der Waals surface area contributed by atoms with Gasteiger partial charge in [-0.3, -0.25) is 33.3 Å². The zero-order valence-corrected chi connectivity index (χ0v) is 35.9. The van der Waals surface area contributed by atoms with Crippen LogP contribution in [0.1, 0.15) is 77.5 Å². The maximum absolute atomic E-state index is 14.0. The number of carbonyl (C=O) groups is 6. The number of nitrogens with zero attached hydrogens (tertiary/aromatic N) is 4. The first-order valence-corrected chi connectivity index (χ1v) is 21.7. The molecule has 2 aromatic rings. The minimum absolute atomic E-state index is 0.0983. The number of primary amides is 1. The highest BCUT2D eigenvalue weighted by molar-refractivity contribution is 7.46. The van der Waals surface area contributed by atoms with Crippen LogP contribution < -0.4 is 27.0 Å². The number of imidazole rings is 1. The smallest absolute Gasteiger partial charge is 0.396 e. The van der Waals surface area contributed by atoms with Crippen molar-refractivity contribution < 1.29 is 57.6 Å². The summed E-state index contributed by atoms with van der Waals surface area (Å²) in [6.45, 7) is 6.31. The van der Waals surface area contributed by atoms with Crippen LogP contribution in [0.4, 0.5) is 0 Å². The van der Waals surface area contributed by atoms with Gasteiger partial charge in [0.2, 0.25) is 35.4 Å². The Morgan fingerprint density at radius 3 is 2.30 bits per heavy atom. The molecule has 1 saturated heterocycles. The van der Waals surface area contributed by atoms with Crippen molar-refractivity contribution in [3.05, 3.63) is 54.1 Å². The summed E-state index contributed by atoms with van der Waals surface area (Å²) in [6, 6.07) is 3.15. The molecule has 6 amide bonds. The lowest BCUT2D eigenvalue weighted by Crippen LogP contribution is -2.61. The predicted octanol–water partition coefficient (Wildman–Crippen LogP) is -0.187. The van der Waals surface area contributed by atoms with E-state index < -0.39 is 80.3 Å². The van der Waals surface area contributed by atoms with E-state index in [4.69, 9.17) is 10.6 Å². The van der Waals surface area contributed by atoms with Crippen LogP contribution in [0.3, 0.4) is 0 Å². The topological polar surface area (TPSA) is 306 Å². The Balaban J connectivity index is 1.76. The molecule has 9 N–H and O–H groups in total. The number of oxime groups is 1. The van der Waals surface area contributed by atoms with E-state index in [2.05, 4.69) is 35.9 Å². The zero-order chi connectivity index (χ0) is 45.1. The minimum atomic E-state index is -5.12. The van der Waals surface area contributed by atoms with E-state index in [1.165, 1.54) is 23.6 Å². The maximum atomic E-state index is 14.0. The predicted molar refractivity (Wildman–Crippen MR) is 221 cm³/mol. The molecule has 0 spiro atoms. The number of aliphatic hydroxyl groups is 1. The number of aryl methyl sites for hydroxylation is 2. The number of nitrogens with one attached hydrogen (secondary N) is 4. The van der Waals surface area contributed by atoms with Gasteiger partial charge in [-0.05, 0) is 63.4 Å². The summed E-state index contributed by atoms with van der Waals surface area (Å²) in [6.07, 6.45) is 7.00. The summed E-state index contributed by atoms with van der Waals surface area (Å²) in [5.74, 6) is -4.96. The monoisotopic (exact) mass is 877 g/mol. The number of benzene rings is 1. The minimum Gasteiger partial charge on any atom is -0.396 e. The molecule has 1 aromatic carbocycles. The van der Waals surface area contributed by atoms with E-state index in [9.17, 15) is 48.2 Å². The number of hydrogen-bond acceptors (Lipinski definition) is 12. The third-order valence-electron chi connectivity index (χ3n) is 9.78. The Bertz CT molecular complexity index is 1840. The molecular formula is C39H60N9O12P. The first-order chi connectivity index (χ1) is 28.9. The van der Waals surface area contributed by atoms with E-state index in [0.29, 0.717) is 51.1 Å². The zero-order valence-electron chi connectivity index (χ0n) is 35.0. The fourth-order valence-corrected chi connectivity index (χ4v) is 7.25. The lowest BCUT2D eigenvalue weighted by molar-refractivity contribution is -0.139. The Labute approximate surface area is 354 Å². The van der Waals surface area contributed by atoms with Gasteiger partial charge in [0.15, 0.2) is 0 Å². The largest absolute Gasteiger partial charge is 0.469 e. The van der Waals surface area contributed by atoms with Gasteiger partial charge in [-0.15, -0.1) is 0 Å². The van der Waals surface area contributed by atoms with Crippen molar-refractivity contribution in [2.75, 3.05) is 19.8 Å². The standard InChI is InChI=1S/C39H60N9O12P/c1-25(2)20-30(44-39(55)33-15-11-18-48(33)27(4)50)36(52)43-31(37(53)45-32(23-49)38(54)46-34(35(40)51)26(3)60-61(56,57)58)21-29-22-41-24-47(29)17-8-9-19-59-42-16-10-14-28-12-6-5-7-13-28/h5-7,12-13,16,22,24-26,30-34,49H,8-11,14-15,17-21,23H2,1-4H3,(H2,40,51)(H,43,52)(H,44,55)(H,45,53)(H,46,54)(H2,56,57,58)/b42-16+/t26-,30+,31+,32+,33+,34+/m1/s1. The summed E-state index contributed by atoms with van der Waals surface area (Å²) in [5.41, 5.74) is 7.05. The SMILES string of the molecule is CC(=O)N1CCC[C@H]1C(=O)N[C@@H](CC(C)C)C(=O)N[C@@H](Cc1cncn1CCCCO/N=C/CCc1ccccc1)C(=O)N[C@@H](CO)C(=O)N[C@H](C(N)=O)[C@@H](C)OP(=O)(O)O. The first-order valence-electron chi connectivity index (χ1n) is 20.2. The van der Waals surface area contributed by atoms with Crippen LogP contribution in [-0.4, -0.2) is 127 Å². The Hall–Kier alpha value is -5.21. The van der Waals surface area contributed by atoms with Gasteiger partial charge in [0.25, 0.3) is 0 Å². The van der Waals surface area contributed by atoms with Crippen LogP contribution in [0.15, 0.2) is 48.0 Å². The van der Waals surface area contributed by atoms with E-state index in [-0.39, 0.29) is 24.7 Å². The first kappa shape index (κ1) is 50.1. The lowest BCUT2D eigenvalue weighted by atomic mass is 10.0. The third kappa shape index (κ3) is 17.4. The molecule has 3 rings (SSSR count). The highest BCUT2D eigenvalue weighted by Gasteiger charge is 2.37. The molecule has 1 aliphatic heterocycles. The van der Waals surface area contributed by atoms with Crippen molar-refractivity contribution in [2.45, 2.75) is 122 Å². The highest BCUT2D eigenvalue weighted by atomic mass is 31.2. The summed E-state index contributed by atoms with van der Waals surface area (Å²) < 4.78 is 17.6. The van der Waals surface area contributed by atoms with Crippen molar-refractivity contribution in [1.82, 2.24) is 35.7 Å². The van der Waals surface area contributed by atoms with Crippen LogP contribution in [-0.2, 0) is 62.1 Å². The normalized spacial score (nSPS) is 16.7. The molecule has 0 aliphatic carbocycles. The summed E-state index contributed by atoms with van der Waals surface area (Å²) in [4.78, 5) is 108. The van der Waals surface area contributed by atoms with Gasteiger partial charge in [0.1, 0.15) is 36.8 Å². The van der Waals surface area contributed by atoms with E-state index in [0.717, 1.165) is 19.8 Å². The van der Waals surface area contributed by atoms with Crippen molar-refractivity contribution >= 4 is 49.5 Å². The van der Waals surface area contributed by atoms with Crippen LogP contribution in [0.25, 0.3) is 0 Å². The molecule has 1 fully saturated rings. The highest BCUT2D eigenvalue weighted by Crippen LogP contribution is 2.38. The second kappa shape index (κ2) is 24.9. The average molecular weight is 878 g/mol. The number of phosphoric acid groups is 1. The quantitative estimate of drug-likeness (QED) is 0.0264. The second-order valence-electron chi connectivity index (χ2n) is 15.2. The Morgan fingerprint density at radius 1 is 0.984 bits per heavy atom. The molecule has 0 saturated carbocycles. The van der Waals surface area contributed by atoms with Gasteiger partial charge in [-0.25, -0.2) is 9.55 Å². The molecule has 61 heavy (non-hydrogen) atoms. The molecule has 338 valence electrons. The van der Waals surface area contributed by atoms with E-state index in [1.807, 2.05) is 44.2 Å². The van der Waals surface area contributed by atoms with Gasteiger partial charge < -0.3 is 56.2 Å². The molecule has 1 aliphatic rings. The Kier molecular flexibility index (Phi) is 20.5. The second-order valence-corrected chi connectivity index (χ2v) is 16.4. The summed E-state index contributed by atoms with van der Waals surface area (Å²) in [5, 5.41) is 24.1. The molecular weight excluding hydrogens is 817 g/mol. The van der Waals surface area contributed by atoms with Crippen molar-refractivity contribution in [1.29, 1.82) is 0 Å². The van der Waals surface area contributed by atoms with Crippen LogP contribution in [0, 0.1) is 5.92 Å². The van der Waals surface area contributed by atoms with Crippen LogP contribution >= 0.6 is 7.82 Å². The summed E-state index contributed by atoms with van der Waals surface area (Å²) in [7, 11) is -5.12. The van der Waals surface area contributed by atoms with Gasteiger partial charge in [0.05, 0.1) is 19.0 Å². The number of phosphoric ester groups is 1. The van der Waals surface area contributed by atoms with Gasteiger partial charge >= 0.3 is 7.82 Å². The van der Waals surface area contributed by atoms with Crippen molar-refractivity contribution in [2.24, 2.45) is 16.8 Å². The fraction of sp³-hybridized carbons (Fsp3) is 0.590. The molecule has 0 radical (unpaired) electrons. The number of unbranched alkanes of at least 4 members (excludes halogenated alkanes) is 1. The number of likely N-dealkylation sites (tertiary alicyclic amines) is 1. The van der Waals surface area contributed by atoms with E-state index >= 15 is 0 Å². The molecule has 0 bridgehead atoms. The maximum Gasteiger partial charge on any atom is 0.469 e.